The molecule has 0 saturated carbocycles. The van der Waals surface area contributed by atoms with Crippen LogP contribution in [-0.4, -0.2) is 54.4 Å². The van der Waals surface area contributed by atoms with E-state index in [0.29, 0.717) is 54.0 Å². The highest BCUT2D eigenvalue weighted by Crippen LogP contribution is 2.23. The summed E-state index contributed by atoms with van der Waals surface area (Å²) in [5.41, 5.74) is 1.76. The predicted molar refractivity (Wildman–Crippen MR) is 119 cm³/mol. The molecule has 1 heterocycles. The van der Waals surface area contributed by atoms with Gasteiger partial charge < -0.3 is 14.5 Å². The molecule has 2 aromatic carbocycles. The van der Waals surface area contributed by atoms with Crippen LogP contribution < -0.4 is 4.74 Å². The van der Waals surface area contributed by atoms with E-state index in [1.807, 2.05) is 24.3 Å². The van der Waals surface area contributed by atoms with Crippen LogP contribution in [0.25, 0.3) is 0 Å². The van der Waals surface area contributed by atoms with Gasteiger partial charge in [-0.15, -0.1) is 0 Å². The zero-order chi connectivity index (χ0) is 21.5. The minimum absolute atomic E-state index is 0.00609. The number of carbonyl (C=O) groups excluding carboxylic acids is 2. The molecular weight excluding hydrogens is 423 g/mol. The Morgan fingerprint density at radius 3 is 2.33 bits per heavy atom. The first kappa shape index (κ1) is 22.4. The fourth-order valence-electron chi connectivity index (χ4n) is 3.46. The third kappa shape index (κ3) is 5.89. The number of aryl methyl sites for hydroxylation is 1. The van der Waals surface area contributed by atoms with Gasteiger partial charge in [-0.2, -0.15) is 0 Å². The van der Waals surface area contributed by atoms with Gasteiger partial charge in [-0.05, 0) is 48.7 Å². The van der Waals surface area contributed by atoms with Crippen LogP contribution >= 0.6 is 23.2 Å². The summed E-state index contributed by atoms with van der Waals surface area (Å²) in [6, 6.07) is 12.7. The average molecular weight is 449 g/mol. The number of carbonyl (C=O) groups is 2. The molecule has 1 fully saturated rings. The highest BCUT2D eigenvalue weighted by atomic mass is 35.5. The molecule has 0 aromatic heterocycles. The Bertz CT molecular complexity index is 887. The summed E-state index contributed by atoms with van der Waals surface area (Å²) in [5.74, 6) is 0.511. The number of halogens is 2. The topological polar surface area (TPSA) is 49.9 Å². The monoisotopic (exact) mass is 448 g/mol. The van der Waals surface area contributed by atoms with Gasteiger partial charge in [-0.3, -0.25) is 9.59 Å². The first-order valence-electron chi connectivity index (χ1n) is 10.2. The Labute approximate surface area is 187 Å². The summed E-state index contributed by atoms with van der Waals surface area (Å²) in [5, 5.41) is 0.773. The maximum atomic E-state index is 12.8. The van der Waals surface area contributed by atoms with Crippen LogP contribution in [0.2, 0.25) is 10.0 Å². The van der Waals surface area contributed by atoms with Gasteiger partial charge in [0.1, 0.15) is 5.75 Å². The number of nitrogens with zero attached hydrogens (tertiary/aromatic N) is 2. The summed E-state index contributed by atoms with van der Waals surface area (Å²) >= 11 is 12.0. The van der Waals surface area contributed by atoms with E-state index in [9.17, 15) is 9.59 Å². The van der Waals surface area contributed by atoms with E-state index in [2.05, 4.69) is 6.92 Å². The van der Waals surface area contributed by atoms with E-state index in [0.717, 1.165) is 12.8 Å². The standard InChI is InChI=1S/C23H26Cl2N2O3/c1-2-4-17-5-8-19(9-6-17)30-16-22(28)26-11-3-12-27(14-13-26)23(29)18-7-10-20(24)21(25)15-18/h5-10,15H,2-4,11-14,16H2,1H3. The molecule has 3 rings (SSSR count). The summed E-state index contributed by atoms with van der Waals surface area (Å²) in [6.45, 7) is 4.27. The summed E-state index contributed by atoms with van der Waals surface area (Å²) in [4.78, 5) is 28.9. The molecule has 30 heavy (non-hydrogen) atoms. The lowest BCUT2D eigenvalue weighted by molar-refractivity contribution is -0.133. The van der Waals surface area contributed by atoms with Gasteiger partial charge in [0.2, 0.25) is 0 Å². The van der Waals surface area contributed by atoms with Crippen LogP contribution in [0.3, 0.4) is 0 Å². The zero-order valence-electron chi connectivity index (χ0n) is 17.1. The first-order chi connectivity index (χ1) is 14.5. The third-order valence-corrected chi connectivity index (χ3v) is 5.87. The average Bonchev–Trinajstić information content (AvgIpc) is 3.01. The maximum Gasteiger partial charge on any atom is 0.260 e. The van der Waals surface area contributed by atoms with E-state index in [4.69, 9.17) is 27.9 Å². The van der Waals surface area contributed by atoms with Gasteiger partial charge >= 0.3 is 0 Å². The van der Waals surface area contributed by atoms with E-state index in [-0.39, 0.29) is 18.4 Å². The van der Waals surface area contributed by atoms with E-state index < -0.39 is 0 Å². The van der Waals surface area contributed by atoms with Crippen molar-refractivity contribution < 1.29 is 14.3 Å². The fourth-order valence-corrected chi connectivity index (χ4v) is 3.76. The lowest BCUT2D eigenvalue weighted by Gasteiger charge is -2.22. The SMILES string of the molecule is CCCc1ccc(OCC(=O)N2CCCN(C(=O)c3ccc(Cl)c(Cl)c3)CC2)cc1. The number of amides is 2. The fraction of sp³-hybridized carbons (Fsp3) is 0.391. The lowest BCUT2D eigenvalue weighted by Crippen LogP contribution is -2.39. The molecule has 160 valence electrons. The van der Waals surface area contributed by atoms with Gasteiger partial charge in [0.05, 0.1) is 10.0 Å². The smallest absolute Gasteiger partial charge is 0.260 e. The van der Waals surface area contributed by atoms with Gasteiger partial charge in [-0.1, -0.05) is 48.7 Å². The number of benzene rings is 2. The van der Waals surface area contributed by atoms with Gasteiger partial charge in [0.25, 0.3) is 11.8 Å². The Morgan fingerprint density at radius 1 is 0.933 bits per heavy atom. The van der Waals surface area contributed by atoms with E-state index in [1.54, 1.807) is 28.0 Å². The normalized spacial score (nSPS) is 14.4. The Morgan fingerprint density at radius 2 is 1.63 bits per heavy atom. The summed E-state index contributed by atoms with van der Waals surface area (Å²) in [6.07, 6.45) is 2.84. The molecule has 1 saturated heterocycles. The van der Waals surface area contributed by atoms with Crippen molar-refractivity contribution in [3.8, 4) is 5.75 Å². The van der Waals surface area contributed by atoms with E-state index in [1.165, 1.54) is 5.56 Å². The Kier molecular flexibility index (Phi) is 8.00. The molecule has 2 amide bonds. The Hall–Kier alpha value is -2.24. The molecule has 0 spiro atoms. The molecule has 7 heteroatoms. The number of ether oxygens (including phenoxy) is 1. The van der Waals surface area contributed by atoms with Gasteiger partial charge in [0, 0.05) is 31.7 Å². The molecule has 0 N–H and O–H groups in total. The van der Waals surface area contributed by atoms with Crippen molar-refractivity contribution in [2.45, 2.75) is 26.2 Å². The zero-order valence-corrected chi connectivity index (χ0v) is 18.6. The Balaban J connectivity index is 1.51. The highest BCUT2D eigenvalue weighted by Gasteiger charge is 2.23. The van der Waals surface area contributed by atoms with Crippen LogP contribution in [0.15, 0.2) is 42.5 Å². The molecule has 5 nitrogen and oxygen atoms in total. The second-order valence-electron chi connectivity index (χ2n) is 7.34. The van der Waals surface area contributed by atoms with Crippen molar-refractivity contribution in [3.63, 3.8) is 0 Å². The lowest BCUT2D eigenvalue weighted by atomic mass is 10.1. The number of hydrogen-bond donors (Lipinski definition) is 0. The molecule has 0 bridgehead atoms. The first-order valence-corrected chi connectivity index (χ1v) is 11.0. The molecule has 0 atom stereocenters. The van der Waals surface area contributed by atoms with Gasteiger partial charge in [-0.25, -0.2) is 0 Å². The quantitative estimate of drug-likeness (QED) is 0.643. The van der Waals surface area contributed by atoms with Crippen LogP contribution in [0, 0.1) is 0 Å². The molecule has 1 aliphatic rings. The third-order valence-electron chi connectivity index (χ3n) is 5.13. The number of hydrogen-bond acceptors (Lipinski definition) is 3. The van der Waals surface area contributed by atoms with Crippen molar-refractivity contribution in [2.75, 3.05) is 32.8 Å². The van der Waals surface area contributed by atoms with Crippen molar-refractivity contribution in [2.24, 2.45) is 0 Å². The van der Waals surface area contributed by atoms with Crippen molar-refractivity contribution in [3.05, 3.63) is 63.6 Å². The highest BCUT2D eigenvalue weighted by molar-refractivity contribution is 6.42. The van der Waals surface area contributed by atoms with Crippen LogP contribution in [0.1, 0.15) is 35.7 Å². The minimum atomic E-state index is -0.105. The number of rotatable bonds is 6. The predicted octanol–water partition coefficient (Wildman–Crippen LogP) is 4.70. The second-order valence-corrected chi connectivity index (χ2v) is 8.15. The molecule has 2 aromatic rings. The molecule has 0 radical (unpaired) electrons. The van der Waals surface area contributed by atoms with Crippen LogP contribution in [0.5, 0.6) is 5.75 Å². The van der Waals surface area contributed by atoms with Crippen LogP contribution in [0.4, 0.5) is 0 Å². The molecule has 0 unspecified atom stereocenters. The summed E-state index contributed by atoms with van der Waals surface area (Å²) < 4.78 is 5.66. The summed E-state index contributed by atoms with van der Waals surface area (Å²) in [7, 11) is 0. The largest absolute Gasteiger partial charge is 0.484 e. The molecule has 0 aliphatic carbocycles. The second kappa shape index (κ2) is 10.7. The van der Waals surface area contributed by atoms with Crippen molar-refractivity contribution in [1.29, 1.82) is 0 Å². The van der Waals surface area contributed by atoms with Crippen molar-refractivity contribution >= 4 is 35.0 Å². The van der Waals surface area contributed by atoms with Gasteiger partial charge in [0.15, 0.2) is 6.61 Å². The van der Waals surface area contributed by atoms with Crippen LogP contribution in [-0.2, 0) is 11.2 Å². The molecular formula is C23H26Cl2N2O3. The van der Waals surface area contributed by atoms with E-state index >= 15 is 0 Å². The molecule has 1 aliphatic heterocycles. The maximum absolute atomic E-state index is 12.8. The minimum Gasteiger partial charge on any atom is -0.484 e. The van der Waals surface area contributed by atoms with Crippen molar-refractivity contribution in [1.82, 2.24) is 9.80 Å².